The maximum Gasteiger partial charge on any atom is 0.227 e. The Morgan fingerprint density at radius 2 is 0.833 bits per heavy atom. The van der Waals surface area contributed by atoms with Crippen LogP contribution < -0.4 is 15.9 Å². The van der Waals surface area contributed by atoms with E-state index in [1.54, 1.807) is 6.92 Å². The summed E-state index contributed by atoms with van der Waals surface area (Å²) in [6.45, 7) is 1.72. The summed E-state index contributed by atoms with van der Waals surface area (Å²) in [4.78, 5) is 25.3. The SMILES string of the molecule is COC1=C(OC)C(=O)C(CCCCCCCCCCCCCCCP(Br)(c2ccccc2)(c2ccccc2)c2ccccc2)=C(C)C1=O. The van der Waals surface area contributed by atoms with Gasteiger partial charge < -0.3 is 9.47 Å². The zero-order valence-corrected chi connectivity index (χ0v) is 31.7. The summed E-state index contributed by atoms with van der Waals surface area (Å²) >= 11 is 4.58. The van der Waals surface area contributed by atoms with E-state index >= 15 is 0 Å². The summed E-state index contributed by atoms with van der Waals surface area (Å²) in [5.41, 5.74) is 1.07. The number of carbonyl (C=O) groups is 2. The monoisotopic (exact) mass is 732 g/mol. The van der Waals surface area contributed by atoms with Gasteiger partial charge in [-0.25, -0.2) is 0 Å². The number of rotatable bonds is 21. The molecule has 0 spiro atoms. The number of Topliss-reactive ketones (excluding diaryl/α,β-unsaturated/α-hetero) is 2. The van der Waals surface area contributed by atoms with Crippen molar-refractivity contribution in [2.75, 3.05) is 20.4 Å². The van der Waals surface area contributed by atoms with Crippen LogP contribution >= 0.6 is 20.8 Å². The summed E-state index contributed by atoms with van der Waals surface area (Å²) < 4.78 is 10.3. The molecular weight excluding hydrogens is 679 g/mol. The molecular formula is C42H54BrO4P. The molecule has 0 radical (unpaired) electrons. The molecule has 0 saturated heterocycles. The zero-order chi connectivity index (χ0) is 34.3. The first-order chi connectivity index (χ1) is 23.4. The van der Waals surface area contributed by atoms with Gasteiger partial charge in [-0.1, -0.05) is 6.42 Å². The average molecular weight is 734 g/mol. The van der Waals surface area contributed by atoms with E-state index in [0.29, 0.717) is 17.6 Å². The van der Waals surface area contributed by atoms with Crippen molar-refractivity contribution in [2.45, 2.75) is 96.8 Å². The van der Waals surface area contributed by atoms with E-state index in [0.717, 1.165) is 19.0 Å². The molecule has 0 aliphatic heterocycles. The molecule has 3 aromatic carbocycles. The fourth-order valence-electron chi connectivity index (χ4n) is 7.20. The molecule has 4 rings (SSSR count). The van der Waals surface area contributed by atoms with Crippen LogP contribution in [-0.4, -0.2) is 31.9 Å². The Morgan fingerprint density at radius 3 is 1.21 bits per heavy atom. The number of methoxy groups -OCH3 is 2. The molecule has 0 fully saturated rings. The van der Waals surface area contributed by atoms with Gasteiger partial charge >= 0.3 is 204 Å². The van der Waals surface area contributed by atoms with Crippen LogP contribution in [0.3, 0.4) is 0 Å². The minimum absolute atomic E-state index is 0.0188. The van der Waals surface area contributed by atoms with Gasteiger partial charge in [0.2, 0.25) is 23.1 Å². The van der Waals surface area contributed by atoms with Crippen LogP contribution in [0.25, 0.3) is 0 Å². The van der Waals surface area contributed by atoms with Crippen molar-refractivity contribution in [3.63, 3.8) is 0 Å². The number of ketones is 2. The van der Waals surface area contributed by atoms with E-state index in [4.69, 9.17) is 9.47 Å². The first kappa shape index (κ1) is 37.8. The molecule has 3 aromatic rings. The number of unbranched alkanes of at least 4 members (excludes halogenated alkanes) is 12. The Hall–Kier alpha value is -3.01. The topological polar surface area (TPSA) is 52.6 Å². The van der Waals surface area contributed by atoms with Gasteiger partial charge in [0.25, 0.3) is 0 Å². The molecule has 0 amide bonds. The zero-order valence-electron chi connectivity index (χ0n) is 29.2. The third kappa shape index (κ3) is 8.77. The molecule has 0 N–H and O–H groups in total. The fourth-order valence-corrected chi connectivity index (χ4v) is 14.9. The minimum atomic E-state index is -2.80. The molecule has 0 heterocycles. The predicted molar refractivity (Wildman–Crippen MR) is 207 cm³/mol. The third-order valence-electron chi connectivity index (χ3n) is 9.98. The molecule has 0 saturated carbocycles. The van der Waals surface area contributed by atoms with E-state index in [1.807, 2.05) is 0 Å². The van der Waals surface area contributed by atoms with Crippen LogP contribution in [0.5, 0.6) is 0 Å². The van der Waals surface area contributed by atoms with Crippen molar-refractivity contribution in [1.29, 1.82) is 0 Å². The quantitative estimate of drug-likeness (QED) is 0.0622. The fraction of sp³-hybridized carbons (Fsp3) is 0.429. The average Bonchev–Trinajstić information content (AvgIpc) is 3.13. The maximum atomic E-state index is 12.8. The number of carbonyl (C=O) groups excluding carboxylic acids is 2. The standard InChI is InChI=1S/C42H54BrO4P/c1-34-38(40(45)42(47-3)41(46-2)39(34)44)32-24-13-11-9-7-5-4-6-8-10-12-14-25-33-48(43,35-26-18-15-19-27-35,36-28-20-16-21-29-36)37-30-22-17-23-31-37/h15-23,26-31H,4-14,24-25,32-33H2,1-3H3. The van der Waals surface area contributed by atoms with Crippen LogP contribution in [0, 0.1) is 0 Å². The van der Waals surface area contributed by atoms with Gasteiger partial charge in [-0.2, -0.15) is 0 Å². The predicted octanol–water partition coefficient (Wildman–Crippen LogP) is 10.3. The number of ether oxygens (including phenoxy) is 2. The third-order valence-corrected chi connectivity index (χ3v) is 20.0. The molecule has 0 unspecified atom stereocenters. The maximum absolute atomic E-state index is 12.8. The number of benzene rings is 3. The summed E-state index contributed by atoms with van der Waals surface area (Å²) in [5.74, 6) is -0.396. The number of hydrogen-bond acceptors (Lipinski definition) is 4. The van der Waals surface area contributed by atoms with Gasteiger partial charge in [-0.15, -0.1) is 0 Å². The Labute approximate surface area is 297 Å². The summed E-state index contributed by atoms with van der Waals surface area (Å²) in [6.07, 6.45) is 17.7. The van der Waals surface area contributed by atoms with Gasteiger partial charge in [0.05, 0.1) is 14.2 Å². The summed E-state index contributed by atoms with van der Waals surface area (Å²) in [6, 6.07) is 33.4. The van der Waals surface area contributed by atoms with Gasteiger partial charge in [-0.05, 0) is 19.8 Å². The van der Waals surface area contributed by atoms with Crippen molar-refractivity contribution in [2.24, 2.45) is 0 Å². The molecule has 258 valence electrons. The molecule has 4 nitrogen and oxygen atoms in total. The normalized spacial score (nSPS) is 14.6. The van der Waals surface area contributed by atoms with Crippen LogP contribution in [0.15, 0.2) is 114 Å². The number of hydrogen-bond donors (Lipinski definition) is 0. The van der Waals surface area contributed by atoms with Crippen molar-refractivity contribution in [3.8, 4) is 0 Å². The Kier molecular flexibility index (Phi) is 14.7. The van der Waals surface area contributed by atoms with Crippen LogP contribution in [0.4, 0.5) is 0 Å². The van der Waals surface area contributed by atoms with Crippen LogP contribution in [0.1, 0.15) is 96.8 Å². The van der Waals surface area contributed by atoms with E-state index in [1.165, 1.54) is 101 Å². The summed E-state index contributed by atoms with van der Waals surface area (Å²) in [5, 5.41) is 1.42. The Balaban J connectivity index is 1.13. The second-order valence-corrected chi connectivity index (χ2v) is 22.1. The van der Waals surface area contributed by atoms with Crippen molar-refractivity contribution in [1.82, 2.24) is 0 Å². The van der Waals surface area contributed by atoms with Crippen LogP contribution in [0.2, 0.25) is 0 Å². The van der Waals surface area contributed by atoms with Gasteiger partial charge in [0.15, 0.2) is 0 Å². The van der Waals surface area contributed by atoms with Crippen molar-refractivity contribution >= 4 is 48.3 Å². The first-order valence-electron chi connectivity index (χ1n) is 17.9. The molecule has 1 aliphatic carbocycles. The summed E-state index contributed by atoms with van der Waals surface area (Å²) in [7, 11) is 2.81. The molecule has 0 atom stereocenters. The largest absolute Gasteiger partial charge is 0.285 e. The van der Waals surface area contributed by atoms with Gasteiger partial charge in [-0.3, -0.25) is 9.59 Å². The van der Waals surface area contributed by atoms with Gasteiger partial charge in [0.1, 0.15) is 0 Å². The van der Waals surface area contributed by atoms with Gasteiger partial charge in [0, 0.05) is 11.1 Å². The smallest absolute Gasteiger partial charge is 0.227 e. The Bertz CT molecular complexity index is 1430. The van der Waals surface area contributed by atoms with E-state index in [2.05, 4.69) is 106 Å². The molecule has 48 heavy (non-hydrogen) atoms. The first-order valence-corrected chi connectivity index (χ1v) is 22.3. The number of allylic oxidation sites excluding steroid dienone is 2. The van der Waals surface area contributed by atoms with Crippen molar-refractivity contribution < 1.29 is 19.1 Å². The number of halogens is 1. The Morgan fingerprint density at radius 1 is 0.500 bits per heavy atom. The molecule has 0 aromatic heterocycles. The van der Waals surface area contributed by atoms with Crippen molar-refractivity contribution in [3.05, 3.63) is 114 Å². The molecule has 1 aliphatic rings. The van der Waals surface area contributed by atoms with Crippen LogP contribution in [-0.2, 0) is 19.1 Å². The minimum Gasteiger partial charge on any atom is -0.285 e. The van der Waals surface area contributed by atoms with E-state index in [9.17, 15) is 9.59 Å². The second kappa shape index (κ2) is 18.7. The second-order valence-electron chi connectivity index (χ2n) is 13.1. The van der Waals surface area contributed by atoms with E-state index < -0.39 is 5.31 Å². The molecule has 6 heteroatoms. The molecule has 0 bridgehead atoms. The van der Waals surface area contributed by atoms with E-state index in [-0.39, 0.29) is 23.1 Å².